The van der Waals surface area contributed by atoms with Crippen molar-refractivity contribution in [1.82, 2.24) is 24.1 Å². The van der Waals surface area contributed by atoms with Crippen molar-refractivity contribution in [1.29, 1.82) is 0 Å². The minimum Gasteiger partial charge on any atom is -0.340 e. The fraction of sp³-hybridized carbons (Fsp3) is 0.200. The predicted octanol–water partition coefficient (Wildman–Crippen LogP) is 4.46. The van der Waals surface area contributed by atoms with Crippen LogP contribution in [0.3, 0.4) is 0 Å². The highest BCUT2D eigenvalue weighted by Gasteiger charge is 2.20. The Labute approximate surface area is 204 Å². The molecule has 34 heavy (non-hydrogen) atoms. The quantitative estimate of drug-likeness (QED) is 0.329. The molecular weight excluding hydrogens is 466 g/mol. The number of carbonyl (C=O) groups excluding carboxylic acids is 1. The molecule has 2 aromatic carbocycles. The molecule has 3 aromatic heterocycles. The number of para-hydroxylation sites is 1. The van der Waals surface area contributed by atoms with Gasteiger partial charge in [-0.15, -0.1) is 21.5 Å². The number of fused-ring (bicyclic) bond motifs is 3. The second-order valence-corrected chi connectivity index (χ2v) is 10.2. The maximum atomic E-state index is 13.5. The monoisotopic (exact) mass is 489 g/mol. The highest BCUT2D eigenvalue weighted by Crippen LogP contribution is 2.25. The number of aromatic nitrogens is 4. The highest BCUT2D eigenvalue weighted by atomic mass is 32.2. The Morgan fingerprint density at radius 1 is 1.09 bits per heavy atom. The Balaban J connectivity index is 1.57. The van der Waals surface area contributed by atoms with Gasteiger partial charge < -0.3 is 4.90 Å². The average molecular weight is 490 g/mol. The lowest BCUT2D eigenvalue weighted by Gasteiger charge is -2.16. The molecule has 3 heterocycles. The molecule has 1 amide bonds. The van der Waals surface area contributed by atoms with Crippen LogP contribution in [0.5, 0.6) is 0 Å². The second kappa shape index (κ2) is 9.08. The van der Waals surface area contributed by atoms with E-state index in [9.17, 15) is 9.59 Å². The molecule has 0 atom stereocenters. The smallest absolute Gasteiger partial charge is 0.267 e. The zero-order valence-electron chi connectivity index (χ0n) is 19.1. The van der Waals surface area contributed by atoms with E-state index in [0.29, 0.717) is 22.9 Å². The van der Waals surface area contributed by atoms with Crippen molar-refractivity contribution < 1.29 is 4.79 Å². The standard InChI is InChI=1S/C25H23N5O2S2/c1-16-10-11-17(2)21(13-16)29-23(32)19-8-4-5-9-20(19)30-24(29)26-27-25(30)34-15-22(31)28(3)14-18-7-6-12-33-18/h4-13H,14-15H2,1-3H3. The van der Waals surface area contributed by atoms with Gasteiger partial charge in [0.2, 0.25) is 11.7 Å². The van der Waals surface area contributed by atoms with Crippen LogP contribution >= 0.6 is 23.1 Å². The van der Waals surface area contributed by atoms with Crippen molar-refractivity contribution >= 4 is 45.7 Å². The molecule has 0 N–H and O–H groups in total. The maximum Gasteiger partial charge on any atom is 0.267 e. The van der Waals surface area contributed by atoms with Gasteiger partial charge in [-0.3, -0.25) is 14.0 Å². The van der Waals surface area contributed by atoms with Crippen LogP contribution in [0, 0.1) is 13.8 Å². The van der Waals surface area contributed by atoms with Crippen molar-refractivity contribution in [2.75, 3.05) is 12.8 Å². The molecule has 5 rings (SSSR count). The molecule has 5 aromatic rings. The fourth-order valence-corrected chi connectivity index (χ4v) is 5.55. The molecule has 0 bridgehead atoms. The van der Waals surface area contributed by atoms with Crippen molar-refractivity contribution in [2.24, 2.45) is 0 Å². The van der Waals surface area contributed by atoms with Gasteiger partial charge in [0.15, 0.2) is 5.16 Å². The van der Waals surface area contributed by atoms with Crippen molar-refractivity contribution in [3.05, 3.63) is 86.3 Å². The van der Waals surface area contributed by atoms with E-state index in [1.807, 2.05) is 78.2 Å². The minimum absolute atomic E-state index is 0.00213. The van der Waals surface area contributed by atoms with E-state index in [0.717, 1.165) is 27.2 Å². The van der Waals surface area contributed by atoms with Crippen LogP contribution < -0.4 is 5.56 Å². The third-order valence-electron chi connectivity index (χ3n) is 5.72. The molecule has 0 aliphatic heterocycles. The summed E-state index contributed by atoms with van der Waals surface area (Å²) in [5.41, 5.74) is 3.36. The number of hydrogen-bond donors (Lipinski definition) is 0. The zero-order valence-corrected chi connectivity index (χ0v) is 20.7. The average Bonchev–Trinajstić information content (AvgIpc) is 3.50. The Bertz CT molecular complexity index is 1570. The molecular formula is C25H23N5O2S2. The summed E-state index contributed by atoms with van der Waals surface area (Å²) in [6.07, 6.45) is 0. The van der Waals surface area contributed by atoms with Gasteiger partial charge in [0.1, 0.15) is 0 Å². The Morgan fingerprint density at radius 3 is 2.71 bits per heavy atom. The predicted molar refractivity (Wildman–Crippen MR) is 137 cm³/mol. The molecule has 9 heteroatoms. The Kier molecular flexibility index (Phi) is 5.97. The van der Waals surface area contributed by atoms with Gasteiger partial charge in [0.25, 0.3) is 5.56 Å². The van der Waals surface area contributed by atoms with E-state index in [-0.39, 0.29) is 17.2 Å². The molecule has 0 unspecified atom stereocenters. The van der Waals surface area contributed by atoms with Gasteiger partial charge in [0.05, 0.1) is 28.9 Å². The SMILES string of the molecule is Cc1ccc(C)c(-n2c(=O)c3ccccc3n3c(SCC(=O)N(C)Cc4cccs4)nnc23)c1. The van der Waals surface area contributed by atoms with Crippen LogP contribution in [0.15, 0.2) is 69.9 Å². The number of hydrogen-bond acceptors (Lipinski definition) is 6. The number of thioether (sulfide) groups is 1. The lowest BCUT2D eigenvalue weighted by atomic mass is 10.1. The Hall–Kier alpha value is -3.43. The van der Waals surface area contributed by atoms with Crippen LogP contribution in [-0.4, -0.2) is 42.8 Å². The normalized spacial score (nSPS) is 11.4. The first kappa shape index (κ1) is 22.4. The summed E-state index contributed by atoms with van der Waals surface area (Å²) < 4.78 is 3.49. The Morgan fingerprint density at radius 2 is 1.91 bits per heavy atom. The molecule has 0 saturated heterocycles. The molecule has 0 radical (unpaired) electrons. The summed E-state index contributed by atoms with van der Waals surface area (Å²) in [5, 5.41) is 11.9. The van der Waals surface area contributed by atoms with Crippen LogP contribution in [0.4, 0.5) is 0 Å². The van der Waals surface area contributed by atoms with E-state index in [2.05, 4.69) is 10.2 Å². The van der Waals surface area contributed by atoms with E-state index in [4.69, 9.17) is 0 Å². The third-order valence-corrected chi connectivity index (χ3v) is 7.50. The van der Waals surface area contributed by atoms with Crippen molar-refractivity contribution in [3.63, 3.8) is 0 Å². The van der Waals surface area contributed by atoms with Gasteiger partial charge >= 0.3 is 0 Å². The summed E-state index contributed by atoms with van der Waals surface area (Å²) >= 11 is 2.95. The third kappa shape index (κ3) is 4.01. The zero-order chi connectivity index (χ0) is 23.8. The summed E-state index contributed by atoms with van der Waals surface area (Å²) in [6, 6.07) is 17.4. The lowest BCUT2D eigenvalue weighted by Crippen LogP contribution is -2.27. The molecule has 0 saturated carbocycles. The molecule has 7 nitrogen and oxygen atoms in total. The lowest BCUT2D eigenvalue weighted by molar-refractivity contribution is -0.127. The highest BCUT2D eigenvalue weighted by molar-refractivity contribution is 7.99. The molecule has 0 fully saturated rings. The van der Waals surface area contributed by atoms with Crippen LogP contribution in [0.2, 0.25) is 0 Å². The first-order valence-corrected chi connectivity index (χ1v) is 12.7. The van der Waals surface area contributed by atoms with Gasteiger partial charge in [-0.05, 0) is 54.6 Å². The van der Waals surface area contributed by atoms with Crippen molar-refractivity contribution in [2.45, 2.75) is 25.5 Å². The van der Waals surface area contributed by atoms with E-state index in [1.165, 1.54) is 11.8 Å². The minimum atomic E-state index is -0.146. The fourth-order valence-electron chi connectivity index (χ4n) is 3.91. The van der Waals surface area contributed by atoms with Gasteiger partial charge in [0, 0.05) is 11.9 Å². The van der Waals surface area contributed by atoms with Crippen LogP contribution in [0.25, 0.3) is 22.4 Å². The number of amides is 1. The van der Waals surface area contributed by atoms with Gasteiger partial charge in [-0.2, -0.15) is 0 Å². The summed E-state index contributed by atoms with van der Waals surface area (Å²) in [7, 11) is 1.80. The van der Waals surface area contributed by atoms with E-state index < -0.39 is 0 Å². The number of carbonyl (C=O) groups is 1. The van der Waals surface area contributed by atoms with E-state index >= 15 is 0 Å². The number of rotatable bonds is 6. The van der Waals surface area contributed by atoms with Crippen LogP contribution in [0.1, 0.15) is 16.0 Å². The largest absolute Gasteiger partial charge is 0.340 e. The first-order valence-electron chi connectivity index (χ1n) is 10.8. The van der Waals surface area contributed by atoms with Crippen LogP contribution in [-0.2, 0) is 11.3 Å². The van der Waals surface area contributed by atoms with Gasteiger partial charge in [-0.25, -0.2) is 4.57 Å². The summed E-state index contributed by atoms with van der Waals surface area (Å²) in [6.45, 7) is 4.55. The number of benzene rings is 2. The summed E-state index contributed by atoms with van der Waals surface area (Å²) in [4.78, 5) is 29.2. The van der Waals surface area contributed by atoms with Gasteiger partial charge in [-0.1, -0.05) is 42.1 Å². The number of aryl methyl sites for hydroxylation is 2. The summed E-state index contributed by atoms with van der Waals surface area (Å²) in [5.74, 6) is 0.654. The van der Waals surface area contributed by atoms with Crippen molar-refractivity contribution in [3.8, 4) is 5.69 Å². The second-order valence-electron chi connectivity index (χ2n) is 8.18. The molecule has 172 valence electrons. The molecule has 0 aliphatic rings. The number of nitrogens with zero attached hydrogens (tertiary/aromatic N) is 5. The molecule has 0 aliphatic carbocycles. The number of thiophene rings is 1. The topological polar surface area (TPSA) is 72.5 Å². The first-order chi connectivity index (χ1) is 16.4. The van der Waals surface area contributed by atoms with E-state index in [1.54, 1.807) is 27.9 Å². The molecule has 0 spiro atoms. The maximum absolute atomic E-state index is 13.5.